The molecule has 0 radical (unpaired) electrons. The summed E-state index contributed by atoms with van der Waals surface area (Å²) in [7, 11) is 1.63. The van der Waals surface area contributed by atoms with Gasteiger partial charge in [0.05, 0.1) is 13.2 Å². The maximum absolute atomic E-state index is 5.82. The molecule has 1 heterocycles. The fourth-order valence-electron chi connectivity index (χ4n) is 1.42. The van der Waals surface area contributed by atoms with Gasteiger partial charge in [-0.3, -0.25) is 0 Å². The Kier molecular flexibility index (Phi) is 3.39. The highest BCUT2D eigenvalue weighted by Crippen LogP contribution is 2.21. The lowest BCUT2D eigenvalue weighted by Crippen LogP contribution is -2.08. The molecule has 0 aliphatic rings. The smallest absolute Gasteiger partial charge is 0.243 e. The zero-order chi connectivity index (χ0) is 12.3. The summed E-state index contributed by atoms with van der Waals surface area (Å²) < 4.78 is 10.2. The van der Waals surface area contributed by atoms with E-state index in [4.69, 9.17) is 15.0 Å². The van der Waals surface area contributed by atoms with Gasteiger partial charge in [-0.1, -0.05) is 12.1 Å². The molecule has 1 atom stereocenters. The number of hydrogen-bond donors (Lipinski definition) is 1. The van der Waals surface area contributed by atoms with Gasteiger partial charge in [0.25, 0.3) is 0 Å². The fraction of sp³-hybridized carbons (Fsp3) is 0.333. The van der Waals surface area contributed by atoms with Crippen molar-refractivity contribution in [2.75, 3.05) is 7.11 Å². The van der Waals surface area contributed by atoms with Gasteiger partial charge in [-0.15, -0.1) is 0 Å². The first-order valence-corrected chi connectivity index (χ1v) is 5.48. The first kappa shape index (κ1) is 11.6. The lowest BCUT2D eigenvalue weighted by molar-refractivity contribution is 0.352. The SMILES string of the molecule is CC[C@@H](N)c1nc(-c2ccc(OC)cc2)no1. The Bertz CT molecular complexity index is 479. The van der Waals surface area contributed by atoms with E-state index in [-0.39, 0.29) is 6.04 Å². The van der Waals surface area contributed by atoms with Crippen LogP contribution in [0.15, 0.2) is 28.8 Å². The normalized spacial score (nSPS) is 12.4. The van der Waals surface area contributed by atoms with Crippen LogP contribution >= 0.6 is 0 Å². The van der Waals surface area contributed by atoms with Crippen molar-refractivity contribution in [1.82, 2.24) is 10.1 Å². The van der Waals surface area contributed by atoms with Crippen LogP contribution in [0.3, 0.4) is 0 Å². The van der Waals surface area contributed by atoms with Gasteiger partial charge in [-0.05, 0) is 30.7 Å². The van der Waals surface area contributed by atoms with E-state index >= 15 is 0 Å². The molecule has 5 nitrogen and oxygen atoms in total. The Morgan fingerprint density at radius 3 is 2.65 bits per heavy atom. The molecule has 0 amide bonds. The fourth-order valence-corrected chi connectivity index (χ4v) is 1.42. The second-order valence-corrected chi connectivity index (χ2v) is 3.70. The lowest BCUT2D eigenvalue weighted by Gasteiger charge is -2.00. The van der Waals surface area contributed by atoms with E-state index in [1.54, 1.807) is 7.11 Å². The van der Waals surface area contributed by atoms with E-state index in [0.29, 0.717) is 11.7 Å². The quantitative estimate of drug-likeness (QED) is 0.875. The van der Waals surface area contributed by atoms with Gasteiger partial charge < -0.3 is 15.0 Å². The Hall–Kier alpha value is -1.88. The molecular formula is C12H15N3O2. The average Bonchev–Trinajstić information content (AvgIpc) is 2.87. The Morgan fingerprint density at radius 2 is 2.06 bits per heavy atom. The molecule has 1 aromatic heterocycles. The zero-order valence-corrected chi connectivity index (χ0v) is 9.88. The number of aromatic nitrogens is 2. The minimum absolute atomic E-state index is 0.200. The molecule has 2 rings (SSSR count). The molecule has 0 bridgehead atoms. The molecule has 5 heteroatoms. The predicted octanol–water partition coefficient (Wildman–Crippen LogP) is 2.16. The highest BCUT2D eigenvalue weighted by atomic mass is 16.5. The first-order chi connectivity index (χ1) is 8.24. The number of benzene rings is 1. The number of methoxy groups -OCH3 is 1. The predicted molar refractivity (Wildman–Crippen MR) is 63.5 cm³/mol. The van der Waals surface area contributed by atoms with Crippen molar-refractivity contribution >= 4 is 0 Å². The van der Waals surface area contributed by atoms with Crippen LogP contribution < -0.4 is 10.5 Å². The molecule has 0 aliphatic carbocycles. The molecule has 0 spiro atoms. The molecule has 2 N–H and O–H groups in total. The van der Waals surface area contributed by atoms with Gasteiger partial charge >= 0.3 is 0 Å². The zero-order valence-electron chi connectivity index (χ0n) is 9.88. The molecule has 90 valence electrons. The second kappa shape index (κ2) is 4.97. The number of nitrogens with zero attached hydrogens (tertiary/aromatic N) is 2. The number of rotatable bonds is 4. The molecule has 0 aliphatic heterocycles. The average molecular weight is 233 g/mol. The maximum Gasteiger partial charge on any atom is 0.243 e. The van der Waals surface area contributed by atoms with Crippen molar-refractivity contribution in [2.24, 2.45) is 5.73 Å². The standard InChI is InChI=1S/C12H15N3O2/c1-3-10(13)12-14-11(15-17-12)8-4-6-9(16-2)7-5-8/h4-7,10H,3,13H2,1-2H3/t10-/m1/s1. The highest BCUT2D eigenvalue weighted by molar-refractivity contribution is 5.55. The minimum atomic E-state index is -0.200. The van der Waals surface area contributed by atoms with E-state index in [0.717, 1.165) is 17.7 Å². The maximum atomic E-state index is 5.82. The number of hydrogen-bond acceptors (Lipinski definition) is 5. The summed E-state index contributed by atoms with van der Waals surface area (Å²) in [6.07, 6.45) is 0.768. The molecule has 17 heavy (non-hydrogen) atoms. The van der Waals surface area contributed by atoms with Crippen molar-refractivity contribution in [1.29, 1.82) is 0 Å². The van der Waals surface area contributed by atoms with Crippen LogP contribution in [0.2, 0.25) is 0 Å². The Labute approximate surface area is 99.6 Å². The van der Waals surface area contributed by atoms with Crippen LogP contribution in [0.5, 0.6) is 5.75 Å². The van der Waals surface area contributed by atoms with Gasteiger partial charge in [-0.2, -0.15) is 4.98 Å². The second-order valence-electron chi connectivity index (χ2n) is 3.70. The lowest BCUT2D eigenvalue weighted by atomic mass is 10.2. The molecule has 1 aromatic carbocycles. The minimum Gasteiger partial charge on any atom is -0.497 e. The van der Waals surface area contributed by atoms with Gasteiger partial charge in [0.2, 0.25) is 11.7 Å². The Morgan fingerprint density at radius 1 is 1.35 bits per heavy atom. The summed E-state index contributed by atoms with van der Waals surface area (Å²) in [4.78, 5) is 4.26. The molecule has 0 saturated carbocycles. The summed E-state index contributed by atoms with van der Waals surface area (Å²) in [6.45, 7) is 1.97. The summed E-state index contributed by atoms with van der Waals surface area (Å²) in [6, 6.07) is 7.26. The van der Waals surface area contributed by atoms with Crippen molar-refractivity contribution in [2.45, 2.75) is 19.4 Å². The number of nitrogens with two attached hydrogens (primary N) is 1. The van der Waals surface area contributed by atoms with Crippen LogP contribution in [0.4, 0.5) is 0 Å². The summed E-state index contributed by atoms with van der Waals surface area (Å²) in [5.41, 5.74) is 6.69. The van der Waals surface area contributed by atoms with E-state index in [2.05, 4.69) is 10.1 Å². The van der Waals surface area contributed by atoms with Gasteiger partial charge in [0.1, 0.15) is 5.75 Å². The third-order valence-electron chi connectivity index (χ3n) is 2.55. The third kappa shape index (κ3) is 2.45. The highest BCUT2D eigenvalue weighted by Gasteiger charge is 2.13. The van der Waals surface area contributed by atoms with E-state index in [1.165, 1.54) is 0 Å². The van der Waals surface area contributed by atoms with Gasteiger partial charge in [0.15, 0.2) is 0 Å². The molecular weight excluding hydrogens is 218 g/mol. The topological polar surface area (TPSA) is 74.2 Å². The van der Waals surface area contributed by atoms with Crippen molar-refractivity contribution in [3.05, 3.63) is 30.2 Å². The molecule has 2 aromatic rings. The van der Waals surface area contributed by atoms with Crippen molar-refractivity contribution < 1.29 is 9.26 Å². The van der Waals surface area contributed by atoms with Crippen LogP contribution in [0.25, 0.3) is 11.4 Å². The summed E-state index contributed by atoms with van der Waals surface area (Å²) in [5.74, 6) is 1.81. The number of ether oxygens (including phenoxy) is 1. The van der Waals surface area contributed by atoms with Crippen molar-refractivity contribution in [3.8, 4) is 17.1 Å². The summed E-state index contributed by atoms with van der Waals surface area (Å²) in [5, 5.41) is 3.90. The molecule has 0 saturated heterocycles. The van der Waals surface area contributed by atoms with Crippen LogP contribution in [-0.2, 0) is 0 Å². The van der Waals surface area contributed by atoms with E-state index in [1.807, 2.05) is 31.2 Å². The summed E-state index contributed by atoms with van der Waals surface area (Å²) >= 11 is 0. The van der Waals surface area contributed by atoms with Gasteiger partial charge in [-0.25, -0.2) is 0 Å². The van der Waals surface area contributed by atoms with Crippen LogP contribution in [0.1, 0.15) is 25.3 Å². The van der Waals surface area contributed by atoms with Crippen LogP contribution in [-0.4, -0.2) is 17.3 Å². The van der Waals surface area contributed by atoms with Crippen LogP contribution in [0, 0.1) is 0 Å². The van der Waals surface area contributed by atoms with Crippen molar-refractivity contribution in [3.63, 3.8) is 0 Å². The molecule has 0 unspecified atom stereocenters. The van der Waals surface area contributed by atoms with E-state index < -0.39 is 0 Å². The monoisotopic (exact) mass is 233 g/mol. The molecule has 0 fully saturated rings. The third-order valence-corrected chi connectivity index (χ3v) is 2.55. The Balaban J connectivity index is 2.24. The largest absolute Gasteiger partial charge is 0.497 e. The van der Waals surface area contributed by atoms with E-state index in [9.17, 15) is 0 Å². The van der Waals surface area contributed by atoms with Gasteiger partial charge in [0, 0.05) is 5.56 Å². The first-order valence-electron chi connectivity index (χ1n) is 5.48.